The van der Waals surface area contributed by atoms with Gasteiger partial charge in [0, 0.05) is 18.9 Å². The molecule has 0 aromatic carbocycles. The second-order valence-corrected chi connectivity index (χ2v) is 3.60. The summed E-state index contributed by atoms with van der Waals surface area (Å²) < 4.78 is 0. The van der Waals surface area contributed by atoms with E-state index in [4.69, 9.17) is 0 Å². The van der Waals surface area contributed by atoms with Crippen LogP contribution in [0.3, 0.4) is 0 Å². The van der Waals surface area contributed by atoms with Crippen molar-refractivity contribution in [1.29, 1.82) is 0 Å². The Morgan fingerprint density at radius 3 is 2.92 bits per heavy atom. The van der Waals surface area contributed by atoms with Gasteiger partial charge in [-0.2, -0.15) is 0 Å². The lowest BCUT2D eigenvalue weighted by molar-refractivity contribution is 0.303. The van der Waals surface area contributed by atoms with Crippen LogP contribution in [0.1, 0.15) is 25.7 Å². The van der Waals surface area contributed by atoms with Gasteiger partial charge in [0.2, 0.25) is 0 Å². The molecule has 70 valence electrons. The van der Waals surface area contributed by atoms with E-state index in [9.17, 15) is 0 Å². The van der Waals surface area contributed by atoms with Gasteiger partial charge in [-0.3, -0.25) is 4.98 Å². The largest absolute Gasteiger partial charge is 0.369 e. The fraction of sp³-hybridized carbons (Fsp3) is 0.600. The minimum atomic E-state index is 0.891. The predicted octanol–water partition coefficient (Wildman–Crippen LogP) is 2.08. The number of rotatable bonds is 4. The highest BCUT2D eigenvalue weighted by molar-refractivity contribution is 5.29. The molecule has 0 unspecified atom stereocenters. The third-order valence-corrected chi connectivity index (χ3v) is 2.65. The molecule has 13 heavy (non-hydrogen) atoms. The summed E-state index contributed by atoms with van der Waals surface area (Å²) in [4.78, 5) is 8.14. The first-order chi connectivity index (χ1) is 6.45. The number of aromatic nitrogens is 2. The van der Waals surface area contributed by atoms with Crippen LogP contribution >= 0.6 is 0 Å². The van der Waals surface area contributed by atoms with Gasteiger partial charge in [-0.25, -0.2) is 4.98 Å². The monoisotopic (exact) mass is 177 g/mol. The number of hydrogen-bond donors (Lipinski definition) is 1. The normalized spacial score (nSPS) is 16.6. The lowest BCUT2D eigenvalue weighted by Crippen LogP contribution is -2.15. The lowest BCUT2D eigenvalue weighted by atomic mass is 9.83. The van der Waals surface area contributed by atoms with Crippen molar-refractivity contribution in [1.82, 2.24) is 9.97 Å². The molecule has 3 heteroatoms. The molecule has 1 heterocycles. The Morgan fingerprint density at radius 2 is 2.31 bits per heavy atom. The van der Waals surface area contributed by atoms with E-state index in [0.717, 1.165) is 18.3 Å². The fourth-order valence-electron chi connectivity index (χ4n) is 1.58. The molecule has 1 saturated carbocycles. The van der Waals surface area contributed by atoms with Gasteiger partial charge in [0.1, 0.15) is 5.82 Å². The van der Waals surface area contributed by atoms with Crippen LogP contribution in [-0.4, -0.2) is 16.5 Å². The summed E-state index contributed by atoms with van der Waals surface area (Å²) in [5.74, 6) is 1.85. The molecule has 3 nitrogen and oxygen atoms in total. The van der Waals surface area contributed by atoms with Gasteiger partial charge in [0.25, 0.3) is 0 Å². The SMILES string of the molecule is c1cnc(NCCC2CCC2)cn1. The van der Waals surface area contributed by atoms with Crippen molar-refractivity contribution in [2.45, 2.75) is 25.7 Å². The summed E-state index contributed by atoms with van der Waals surface area (Å²) in [7, 11) is 0. The number of nitrogens with one attached hydrogen (secondary N) is 1. The van der Waals surface area contributed by atoms with E-state index in [1.54, 1.807) is 18.6 Å². The lowest BCUT2D eigenvalue weighted by Gasteiger charge is -2.25. The molecule has 0 amide bonds. The predicted molar refractivity (Wildman–Crippen MR) is 52.5 cm³/mol. The summed E-state index contributed by atoms with van der Waals surface area (Å²) in [6.07, 6.45) is 10.7. The van der Waals surface area contributed by atoms with Crippen LogP contribution in [-0.2, 0) is 0 Å². The first-order valence-electron chi connectivity index (χ1n) is 4.95. The molecule has 0 atom stereocenters. The zero-order chi connectivity index (χ0) is 8.93. The third kappa shape index (κ3) is 2.41. The van der Waals surface area contributed by atoms with E-state index in [0.29, 0.717) is 0 Å². The maximum absolute atomic E-state index is 4.15. The molecule has 0 bridgehead atoms. The van der Waals surface area contributed by atoms with Crippen LogP contribution in [0.25, 0.3) is 0 Å². The molecule has 0 spiro atoms. The van der Waals surface area contributed by atoms with E-state index in [1.165, 1.54) is 25.7 Å². The summed E-state index contributed by atoms with van der Waals surface area (Å²) in [5, 5.41) is 3.27. The van der Waals surface area contributed by atoms with E-state index in [2.05, 4.69) is 15.3 Å². The molecule has 2 rings (SSSR count). The fourth-order valence-corrected chi connectivity index (χ4v) is 1.58. The van der Waals surface area contributed by atoms with E-state index in [-0.39, 0.29) is 0 Å². The van der Waals surface area contributed by atoms with Crippen LogP contribution in [0.2, 0.25) is 0 Å². The zero-order valence-corrected chi connectivity index (χ0v) is 7.74. The Labute approximate surface area is 78.6 Å². The minimum Gasteiger partial charge on any atom is -0.369 e. The van der Waals surface area contributed by atoms with Crippen molar-refractivity contribution in [3.63, 3.8) is 0 Å². The van der Waals surface area contributed by atoms with Gasteiger partial charge in [-0.1, -0.05) is 19.3 Å². The van der Waals surface area contributed by atoms with Crippen molar-refractivity contribution in [2.24, 2.45) is 5.92 Å². The summed E-state index contributed by atoms with van der Waals surface area (Å²) >= 11 is 0. The van der Waals surface area contributed by atoms with Gasteiger partial charge >= 0.3 is 0 Å². The van der Waals surface area contributed by atoms with Gasteiger partial charge < -0.3 is 5.32 Å². The molecule has 1 N–H and O–H groups in total. The van der Waals surface area contributed by atoms with Gasteiger partial charge in [0.15, 0.2) is 0 Å². The van der Waals surface area contributed by atoms with Gasteiger partial charge in [0.05, 0.1) is 6.20 Å². The molecule has 0 saturated heterocycles. The number of anilines is 1. The molecule has 0 aliphatic heterocycles. The molecule has 1 aliphatic rings. The standard InChI is InChI=1S/C10H15N3/c1-2-9(3-1)4-5-12-10-8-11-6-7-13-10/h6-9H,1-5H2,(H,12,13). The van der Waals surface area contributed by atoms with Gasteiger partial charge in [-0.05, 0) is 12.3 Å². The Bertz CT molecular complexity index is 244. The van der Waals surface area contributed by atoms with Crippen molar-refractivity contribution in [2.75, 3.05) is 11.9 Å². The van der Waals surface area contributed by atoms with E-state index >= 15 is 0 Å². The second-order valence-electron chi connectivity index (χ2n) is 3.60. The molecule has 1 aromatic heterocycles. The van der Waals surface area contributed by atoms with Crippen molar-refractivity contribution in [3.05, 3.63) is 18.6 Å². The molecule has 1 fully saturated rings. The maximum atomic E-state index is 4.15. The van der Waals surface area contributed by atoms with E-state index < -0.39 is 0 Å². The van der Waals surface area contributed by atoms with Crippen LogP contribution < -0.4 is 5.32 Å². The van der Waals surface area contributed by atoms with Crippen molar-refractivity contribution in [3.8, 4) is 0 Å². The van der Waals surface area contributed by atoms with Gasteiger partial charge in [-0.15, -0.1) is 0 Å². The minimum absolute atomic E-state index is 0.891. The van der Waals surface area contributed by atoms with Crippen LogP contribution in [0.4, 0.5) is 5.82 Å². The summed E-state index contributed by atoms with van der Waals surface area (Å²) in [6, 6.07) is 0. The summed E-state index contributed by atoms with van der Waals surface area (Å²) in [6.45, 7) is 1.03. The Balaban J connectivity index is 1.67. The highest BCUT2D eigenvalue weighted by Crippen LogP contribution is 2.28. The highest BCUT2D eigenvalue weighted by Gasteiger charge is 2.16. The number of hydrogen-bond acceptors (Lipinski definition) is 3. The molecular formula is C10H15N3. The second kappa shape index (κ2) is 4.21. The average Bonchev–Trinajstić information content (AvgIpc) is 2.11. The number of nitrogens with zero attached hydrogens (tertiary/aromatic N) is 2. The van der Waals surface area contributed by atoms with Crippen LogP contribution in [0.15, 0.2) is 18.6 Å². The quantitative estimate of drug-likeness (QED) is 0.765. The Morgan fingerprint density at radius 1 is 1.38 bits per heavy atom. The maximum Gasteiger partial charge on any atom is 0.144 e. The molecule has 0 radical (unpaired) electrons. The highest BCUT2D eigenvalue weighted by atomic mass is 15.0. The average molecular weight is 177 g/mol. The Kier molecular flexibility index (Phi) is 2.75. The van der Waals surface area contributed by atoms with E-state index in [1.807, 2.05) is 0 Å². The molecular weight excluding hydrogens is 162 g/mol. The van der Waals surface area contributed by atoms with Crippen LogP contribution in [0, 0.1) is 5.92 Å². The first-order valence-corrected chi connectivity index (χ1v) is 4.95. The third-order valence-electron chi connectivity index (χ3n) is 2.65. The molecule has 1 aromatic rings. The van der Waals surface area contributed by atoms with Crippen molar-refractivity contribution < 1.29 is 0 Å². The smallest absolute Gasteiger partial charge is 0.144 e. The molecule has 1 aliphatic carbocycles. The zero-order valence-electron chi connectivity index (χ0n) is 7.74. The van der Waals surface area contributed by atoms with Crippen molar-refractivity contribution >= 4 is 5.82 Å². The summed E-state index contributed by atoms with van der Waals surface area (Å²) in [5.41, 5.74) is 0. The Hall–Kier alpha value is -1.12. The van der Waals surface area contributed by atoms with Crippen LogP contribution in [0.5, 0.6) is 0 Å². The first kappa shape index (κ1) is 8.48. The topological polar surface area (TPSA) is 37.8 Å².